The first-order valence-electron chi connectivity index (χ1n) is 7.21. The van der Waals surface area contributed by atoms with Crippen molar-refractivity contribution in [3.63, 3.8) is 0 Å². The standard InChI is InChI=1S/C16H18FNO3/c17-16(14(20)21)8-9-18(11-16)13(19)15(6-7-15)10-12-4-2-1-3-5-12/h1-5H,6-11H2,(H,20,21). The summed E-state index contributed by atoms with van der Waals surface area (Å²) in [6.45, 7) is -0.129. The number of rotatable bonds is 4. The van der Waals surface area contributed by atoms with Crippen molar-refractivity contribution in [3.05, 3.63) is 35.9 Å². The fourth-order valence-electron chi connectivity index (χ4n) is 3.06. The smallest absolute Gasteiger partial charge is 0.343 e. The molecule has 1 unspecified atom stereocenters. The maximum atomic E-state index is 14.1. The monoisotopic (exact) mass is 291 g/mol. The maximum Gasteiger partial charge on any atom is 0.343 e. The van der Waals surface area contributed by atoms with Gasteiger partial charge in [0.1, 0.15) is 0 Å². The summed E-state index contributed by atoms with van der Waals surface area (Å²) < 4.78 is 14.1. The predicted octanol–water partition coefficient (Wildman–Crippen LogP) is 2.03. The van der Waals surface area contributed by atoms with Crippen molar-refractivity contribution < 1.29 is 19.1 Å². The quantitative estimate of drug-likeness (QED) is 0.923. The summed E-state index contributed by atoms with van der Waals surface area (Å²) in [5, 5.41) is 8.91. The van der Waals surface area contributed by atoms with Crippen LogP contribution in [-0.2, 0) is 16.0 Å². The van der Waals surface area contributed by atoms with Crippen LogP contribution in [0.5, 0.6) is 0 Å². The zero-order valence-electron chi connectivity index (χ0n) is 11.7. The molecule has 1 heterocycles. The Kier molecular flexibility index (Phi) is 3.23. The van der Waals surface area contributed by atoms with Gasteiger partial charge in [0.15, 0.2) is 0 Å². The molecule has 2 fully saturated rings. The number of nitrogens with zero attached hydrogens (tertiary/aromatic N) is 1. The van der Waals surface area contributed by atoms with Gasteiger partial charge in [-0.3, -0.25) is 4.79 Å². The highest BCUT2D eigenvalue weighted by atomic mass is 19.1. The number of halogens is 1. The second-order valence-electron chi connectivity index (χ2n) is 6.19. The molecule has 0 spiro atoms. The molecule has 1 aliphatic carbocycles. The molecule has 1 aromatic rings. The highest BCUT2D eigenvalue weighted by molar-refractivity contribution is 5.88. The fourth-order valence-corrected chi connectivity index (χ4v) is 3.06. The predicted molar refractivity (Wildman–Crippen MR) is 74.5 cm³/mol. The van der Waals surface area contributed by atoms with E-state index in [4.69, 9.17) is 5.11 Å². The van der Waals surface area contributed by atoms with Gasteiger partial charge in [0.05, 0.1) is 12.0 Å². The van der Waals surface area contributed by atoms with Crippen LogP contribution in [0.4, 0.5) is 4.39 Å². The number of hydrogen-bond acceptors (Lipinski definition) is 2. The molecule has 1 atom stereocenters. The number of aliphatic carboxylic acids is 1. The molecule has 1 aliphatic heterocycles. The second-order valence-corrected chi connectivity index (χ2v) is 6.19. The number of hydrogen-bond donors (Lipinski definition) is 1. The molecule has 1 amide bonds. The van der Waals surface area contributed by atoms with Gasteiger partial charge in [0.2, 0.25) is 11.6 Å². The lowest BCUT2D eigenvalue weighted by molar-refractivity contribution is -0.150. The van der Waals surface area contributed by atoms with Gasteiger partial charge in [0.25, 0.3) is 0 Å². The minimum Gasteiger partial charge on any atom is -0.479 e. The molecule has 112 valence electrons. The number of alkyl halides is 1. The summed E-state index contributed by atoms with van der Waals surface area (Å²) in [7, 11) is 0. The largest absolute Gasteiger partial charge is 0.479 e. The molecular formula is C16H18FNO3. The van der Waals surface area contributed by atoms with Crippen LogP contribution >= 0.6 is 0 Å². The normalized spacial score (nSPS) is 26.6. The van der Waals surface area contributed by atoms with Crippen molar-refractivity contribution in [1.29, 1.82) is 0 Å². The molecule has 1 saturated heterocycles. The number of likely N-dealkylation sites (tertiary alicyclic amines) is 1. The van der Waals surface area contributed by atoms with E-state index in [0.717, 1.165) is 18.4 Å². The van der Waals surface area contributed by atoms with Crippen molar-refractivity contribution in [2.75, 3.05) is 13.1 Å². The average Bonchev–Trinajstić information content (AvgIpc) is 3.13. The maximum absolute atomic E-state index is 14.1. The van der Waals surface area contributed by atoms with Crippen LogP contribution in [0.1, 0.15) is 24.8 Å². The molecule has 5 heteroatoms. The van der Waals surface area contributed by atoms with Crippen molar-refractivity contribution in [2.45, 2.75) is 31.4 Å². The van der Waals surface area contributed by atoms with Gasteiger partial charge in [0, 0.05) is 13.0 Å². The van der Waals surface area contributed by atoms with Gasteiger partial charge in [-0.05, 0) is 24.8 Å². The minimum atomic E-state index is -2.28. The Hall–Kier alpha value is -1.91. The zero-order valence-corrected chi connectivity index (χ0v) is 11.7. The fraction of sp³-hybridized carbons (Fsp3) is 0.500. The van der Waals surface area contributed by atoms with Gasteiger partial charge in [-0.1, -0.05) is 30.3 Å². The van der Waals surface area contributed by atoms with E-state index in [1.54, 1.807) is 0 Å². The first kappa shape index (κ1) is 14.0. The highest BCUT2D eigenvalue weighted by Gasteiger charge is 2.55. The molecule has 3 rings (SSSR count). The van der Waals surface area contributed by atoms with E-state index in [2.05, 4.69) is 0 Å². The van der Waals surface area contributed by atoms with E-state index in [0.29, 0.717) is 6.42 Å². The van der Waals surface area contributed by atoms with Crippen LogP contribution in [0.2, 0.25) is 0 Å². The topological polar surface area (TPSA) is 57.6 Å². The number of carboxylic acid groups (broad SMARTS) is 1. The SMILES string of the molecule is O=C(O)C1(F)CCN(C(=O)C2(Cc3ccccc3)CC2)C1. The van der Waals surface area contributed by atoms with Gasteiger partial charge >= 0.3 is 5.97 Å². The first-order chi connectivity index (χ1) is 9.95. The third-order valence-corrected chi connectivity index (χ3v) is 4.58. The molecule has 2 aliphatic rings. The summed E-state index contributed by atoms with van der Waals surface area (Å²) in [5.74, 6) is -1.56. The van der Waals surface area contributed by atoms with Crippen molar-refractivity contribution in [1.82, 2.24) is 4.90 Å². The van der Waals surface area contributed by atoms with E-state index >= 15 is 0 Å². The van der Waals surface area contributed by atoms with Crippen molar-refractivity contribution >= 4 is 11.9 Å². The molecule has 0 bridgehead atoms. The van der Waals surface area contributed by atoms with Gasteiger partial charge in [-0.2, -0.15) is 0 Å². The van der Waals surface area contributed by atoms with E-state index in [1.165, 1.54) is 4.90 Å². The van der Waals surface area contributed by atoms with E-state index < -0.39 is 17.1 Å². The molecular weight excluding hydrogens is 273 g/mol. The van der Waals surface area contributed by atoms with E-state index in [1.807, 2.05) is 30.3 Å². The van der Waals surface area contributed by atoms with Crippen LogP contribution < -0.4 is 0 Å². The van der Waals surface area contributed by atoms with E-state index in [9.17, 15) is 14.0 Å². The van der Waals surface area contributed by atoms with Crippen LogP contribution in [-0.4, -0.2) is 40.6 Å². The molecule has 1 aromatic carbocycles. The Morgan fingerprint density at radius 1 is 1.19 bits per heavy atom. The van der Waals surface area contributed by atoms with Gasteiger partial charge in [-0.25, -0.2) is 9.18 Å². The second kappa shape index (κ2) is 4.83. The number of carbonyl (C=O) groups is 2. The summed E-state index contributed by atoms with van der Waals surface area (Å²) >= 11 is 0. The lowest BCUT2D eigenvalue weighted by Gasteiger charge is -2.23. The van der Waals surface area contributed by atoms with Gasteiger partial charge < -0.3 is 10.0 Å². The first-order valence-corrected chi connectivity index (χ1v) is 7.21. The summed E-state index contributed by atoms with van der Waals surface area (Å²) in [6, 6.07) is 9.75. The molecule has 21 heavy (non-hydrogen) atoms. The Bertz CT molecular complexity index is 570. The van der Waals surface area contributed by atoms with Crippen molar-refractivity contribution in [3.8, 4) is 0 Å². The minimum absolute atomic E-state index is 0.0906. The Morgan fingerprint density at radius 3 is 2.38 bits per heavy atom. The Balaban J connectivity index is 1.70. The lowest BCUT2D eigenvalue weighted by Crippen LogP contribution is -2.42. The van der Waals surface area contributed by atoms with Gasteiger partial charge in [-0.15, -0.1) is 0 Å². The molecule has 1 saturated carbocycles. The highest BCUT2D eigenvalue weighted by Crippen LogP contribution is 2.50. The van der Waals surface area contributed by atoms with Crippen LogP contribution in [0, 0.1) is 5.41 Å². The molecule has 1 N–H and O–H groups in total. The van der Waals surface area contributed by atoms with Crippen LogP contribution in [0.3, 0.4) is 0 Å². The van der Waals surface area contributed by atoms with Crippen LogP contribution in [0.15, 0.2) is 30.3 Å². The molecule has 0 aromatic heterocycles. The number of benzene rings is 1. The summed E-state index contributed by atoms with van der Waals surface area (Å²) in [6.07, 6.45) is 2.12. The molecule has 4 nitrogen and oxygen atoms in total. The number of carbonyl (C=O) groups excluding carboxylic acids is 1. The van der Waals surface area contributed by atoms with E-state index in [-0.39, 0.29) is 25.4 Å². The zero-order chi connectivity index (χ0) is 15.1. The summed E-state index contributed by atoms with van der Waals surface area (Å²) in [5.41, 5.74) is -1.63. The third kappa shape index (κ3) is 2.52. The van der Waals surface area contributed by atoms with Crippen LogP contribution in [0.25, 0.3) is 0 Å². The van der Waals surface area contributed by atoms with Crippen molar-refractivity contribution in [2.24, 2.45) is 5.41 Å². The lowest BCUT2D eigenvalue weighted by atomic mass is 9.95. The number of amides is 1. The number of carboxylic acids is 1. The third-order valence-electron chi connectivity index (χ3n) is 4.58. The summed E-state index contributed by atoms with van der Waals surface area (Å²) in [4.78, 5) is 24.9. The molecule has 0 radical (unpaired) electrons. The average molecular weight is 291 g/mol. The Morgan fingerprint density at radius 2 is 1.86 bits per heavy atom. The Labute approximate surface area is 122 Å².